The average molecular weight is 387 g/mol. The number of carbonyl (C=O) groups is 2. The molecule has 0 saturated carbocycles. The molecular weight excluding hydrogens is 366 g/mol. The van der Waals surface area contributed by atoms with E-state index in [1.165, 1.54) is 25.3 Å². The van der Waals surface area contributed by atoms with E-state index >= 15 is 0 Å². The topological polar surface area (TPSA) is 104 Å². The van der Waals surface area contributed by atoms with Crippen LogP contribution in [0.2, 0.25) is 0 Å². The van der Waals surface area contributed by atoms with Gasteiger partial charge in [0.05, 0.1) is 11.4 Å². The molecule has 0 aliphatic rings. The Bertz CT molecular complexity index is 908. The monoisotopic (exact) mass is 387 g/mol. The highest BCUT2D eigenvalue weighted by Gasteiger charge is 2.10. The van der Waals surface area contributed by atoms with Crippen molar-refractivity contribution in [1.29, 1.82) is 0 Å². The van der Waals surface area contributed by atoms with Crippen LogP contribution in [0.15, 0.2) is 65.6 Å². The minimum Gasteiger partial charge on any atom is -0.350 e. The van der Waals surface area contributed by atoms with Crippen molar-refractivity contribution in [1.82, 2.24) is 15.4 Å². The second-order valence-electron chi connectivity index (χ2n) is 5.59. The minimum atomic E-state index is -3.48. The van der Waals surface area contributed by atoms with E-state index in [0.29, 0.717) is 0 Å². The molecule has 0 fully saturated rings. The molecule has 0 spiro atoms. The summed E-state index contributed by atoms with van der Waals surface area (Å²) in [6.07, 6.45) is 3.03. The van der Waals surface area contributed by atoms with E-state index in [2.05, 4.69) is 15.4 Å². The van der Waals surface area contributed by atoms with Gasteiger partial charge >= 0.3 is 0 Å². The number of benzene rings is 2. The third-order valence-electron chi connectivity index (χ3n) is 3.64. The van der Waals surface area contributed by atoms with Crippen LogP contribution >= 0.6 is 0 Å². The smallest absolute Gasteiger partial charge is 0.244 e. The average Bonchev–Trinajstić information content (AvgIpc) is 2.70. The number of carbonyl (C=O) groups excluding carboxylic acids is 2. The maximum Gasteiger partial charge on any atom is 0.244 e. The molecule has 0 heterocycles. The van der Waals surface area contributed by atoms with Gasteiger partial charge in [-0.1, -0.05) is 42.5 Å². The van der Waals surface area contributed by atoms with Crippen molar-refractivity contribution in [3.8, 4) is 0 Å². The van der Waals surface area contributed by atoms with Crippen LogP contribution < -0.4 is 15.4 Å². The van der Waals surface area contributed by atoms with Gasteiger partial charge in [0.25, 0.3) is 0 Å². The van der Waals surface area contributed by atoms with Crippen molar-refractivity contribution in [2.24, 2.45) is 0 Å². The standard InChI is InChI=1S/C19H21N3O4S/c1-20-27(25,26)17-10-7-16(8-11-17)13-21-19(24)14-22-18(23)12-9-15-5-3-2-4-6-15/h2-12,20H,13-14H2,1H3,(H,21,24)(H,22,23)/b12-9+. The SMILES string of the molecule is CNS(=O)(=O)c1ccc(CNC(=O)CNC(=O)/C=C/c2ccccc2)cc1. The van der Waals surface area contributed by atoms with Crippen LogP contribution in [-0.2, 0) is 26.2 Å². The molecule has 0 saturated heterocycles. The van der Waals surface area contributed by atoms with Crippen molar-refractivity contribution >= 4 is 27.9 Å². The highest BCUT2D eigenvalue weighted by molar-refractivity contribution is 7.89. The molecule has 2 aromatic rings. The summed E-state index contributed by atoms with van der Waals surface area (Å²) in [7, 11) is -2.14. The molecule has 8 heteroatoms. The van der Waals surface area contributed by atoms with Crippen LogP contribution in [-0.4, -0.2) is 33.8 Å². The van der Waals surface area contributed by atoms with Gasteiger partial charge in [0.2, 0.25) is 21.8 Å². The van der Waals surface area contributed by atoms with Crippen molar-refractivity contribution in [2.75, 3.05) is 13.6 Å². The Kier molecular flexibility index (Phi) is 7.27. The largest absolute Gasteiger partial charge is 0.350 e. The first-order valence-electron chi connectivity index (χ1n) is 8.21. The molecule has 0 unspecified atom stereocenters. The van der Waals surface area contributed by atoms with Crippen LogP contribution in [0, 0.1) is 0 Å². The Morgan fingerprint density at radius 2 is 1.63 bits per heavy atom. The second kappa shape index (κ2) is 9.65. The van der Waals surface area contributed by atoms with Crippen molar-refractivity contribution < 1.29 is 18.0 Å². The zero-order chi connectivity index (χ0) is 19.7. The lowest BCUT2D eigenvalue weighted by Crippen LogP contribution is -2.35. The highest BCUT2D eigenvalue weighted by atomic mass is 32.2. The van der Waals surface area contributed by atoms with Crippen LogP contribution in [0.3, 0.4) is 0 Å². The van der Waals surface area contributed by atoms with Gasteiger partial charge in [0.15, 0.2) is 0 Å². The number of sulfonamides is 1. The Balaban J connectivity index is 1.76. The fraction of sp³-hybridized carbons (Fsp3) is 0.158. The van der Waals surface area contributed by atoms with E-state index < -0.39 is 10.0 Å². The van der Waals surface area contributed by atoms with Crippen LogP contribution in [0.1, 0.15) is 11.1 Å². The fourth-order valence-corrected chi connectivity index (χ4v) is 2.86. The quantitative estimate of drug-likeness (QED) is 0.589. The van der Waals surface area contributed by atoms with Gasteiger partial charge in [-0.25, -0.2) is 13.1 Å². The van der Waals surface area contributed by atoms with E-state index in [1.807, 2.05) is 30.3 Å². The lowest BCUT2D eigenvalue weighted by atomic mass is 10.2. The minimum absolute atomic E-state index is 0.149. The predicted molar refractivity (Wildman–Crippen MR) is 103 cm³/mol. The van der Waals surface area contributed by atoms with Gasteiger partial charge in [0.1, 0.15) is 0 Å². The summed E-state index contributed by atoms with van der Waals surface area (Å²) in [6.45, 7) is 0.0820. The maximum absolute atomic E-state index is 11.8. The van der Waals surface area contributed by atoms with Crippen LogP contribution in [0.4, 0.5) is 0 Å². The number of rotatable bonds is 8. The summed E-state index contributed by atoms with van der Waals surface area (Å²) < 4.78 is 25.5. The highest BCUT2D eigenvalue weighted by Crippen LogP contribution is 2.09. The number of nitrogens with one attached hydrogen (secondary N) is 3. The molecule has 0 aromatic heterocycles. The van der Waals surface area contributed by atoms with E-state index in [-0.39, 0.29) is 29.8 Å². The number of amides is 2. The summed E-state index contributed by atoms with van der Waals surface area (Å²) in [5, 5.41) is 5.16. The van der Waals surface area contributed by atoms with Gasteiger partial charge < -0.3 is 10.6 Å². The van der Waals surface area contributed by atoms with Gasteiger partial charge in [-0.15, -0.1) is 0 Å². The summed E-state index contributed by atoms with van der Waals surface area (Å²) >= 11 is 0. The molecule has 2 rings (SSSR count). The van der Waals surface area contributed by atoms with Gasteiger partial charge in [-0.2, -0.15) is 0 Å². The van der Waals surface area contributed by atoms with Gasteiger partial charge in [-0.3, -0.25) is 9.59 Å². The first kappa shape index (κ1) is 20.3. The lowest BCUT2D eigenvalue weighted by Gasteiger charge is -2.07. The first-order chi connectivity index (χ1) is 12.9. The molecule has 7 nitrogen and oxygen atoms in total. The van der Waals surface area contributed by atoms with Gasteiger partial charge in [0, 0.05) is 12.6 Å². The zero-order valence-electron chi connectivity index (χ0n) is 14.8. The first-order valence-corrected chi connectivity index (χ1v) is 9.69. The van der Waals surface area contributed by atoms with Crippen LogP contribution in [0.25, 0.3) is 6.08 Å². The molecule has 3 N–H and O–H groups in total. The molecule has 0 bridgehead atoms. The van der Waals surface area contributed by atoms with Crippen LogP contribution in [0.5, 0.6) is 0 Å². The lowest BCUT2D eigenvalue weighted by molar-refractivity contribution is -0.124. The molecule has 142 valence electrons. The molecule has 0 aliphatic carbocycles. The summed E-state index contributed by atoms with van der Waals surface area (Å²) in [6, 6.07) is 15.5. The summed E-state index contributed by atoms with van der Waals surface area (Å²) in [4.78, 5) is 23.7. The second-order valence-corrected chi connectivity index (χ2v) is 7.48. The van der Waals surface area contributed by atoms with Crippen molar-refractivity contribution in [3.63, 3.8) is 0 Å². The maximum atomic E-state index is 11.8. The van der Waals surface area contributed by atoms with E-state index in [0.717, 1.165) is 11.1 Å². The van der Waals surface area contributed by atoms with Crippen molar-refractivity contribution in [3.05, 3.63) is 71.8 Å². The summed E-state index contributed by atoms with van der Waals surface area (Å²) in [5.74, 6) is -0.709. The molecule has 0 aliphatic heterocycles. The number of hydrogen-bond acceptors (Lipinski definition) is 4. The molecule has 2 amide bonds. The third-order valence-corrected chi connectivity index (χ3v) is 5.07. The normalized spacial score (nSPS) is 11.3. The van der Waals surface area contributed by atoms with E-state index in [9.17, 15) is 18.0 Å². The van der Waals surface area contributed by atoms with E-state index in [1.54, 1.807) is 18.2 Å². The molecule has 0 atom stereocenters. The Morgan fingerprint density at radius 1 is 0.963 bits per heavy atom. The van der Waals surface area contributed by atoms with Gasteiger partial charge in [-0.05, 0) is 36.4 Å². The molecule has 0 radical (unpaired) electrons. The number of hydrogen-bond donors (Lipinski definition) is 3. The third kappa shape index (κ3) is 6.69. The van der Waals surface area contributed by atoms with E-state index in [4.69, 9.17) is 0 Å². The summed E-state index contributed by atoms with van der Waals surface area (Å²) in [5.41, 5.74) is 1.63. The predicted octanol–water partition coefficient (Wildman–Crippen LogP) is 1.04. The Hall–Kier alpha value is -2.97. The molecular formula is C19H21N3O4S. The Labute approximate surface area is 158 Å². The molecule has 2 aromatic carbocycles. The fourth-order valence-electron chi connectivity index (χ4n) is 2.13. The van der Waals surface area contributed by atoms with Crippen molar-refractivity contribution in [2.45, 2.75) is 11.4 Å². The molecule has 27 heavy (non-hydrogen) atoms. The Morgan fingerprint density at radius 3 is 2.26 bits per heavy atom. The zero-order valence-corrected chi connectivity index (χ0v) is 15.6.